The summed E-state index contributed by atoms with van der Waals surface area (Å²) in [6.45, 7) is 1.16. The van der Waals surface area contributed by atoms with Gasteiger partial charge in [0.15, 0.2) is 11.5 Å². The summed E-state index contributed by atoms with van der Waals surface area (Å²) in [7, 11) is 0. The zero-order valence-corrected chi connectivity index (χ0v) is 14.1. The summed E-state index contributed by atoms with van der Waals surface area (Å²) in [5.74, 6) is 2.88. The van der Waals surface area contributed by atoms with E-state index in [1.165, 1.54) is 25.7 Å². The molecule has 0 fully saturated rings. The number of nitrogens with zero attached hydrogens (tertiary/aromatic N) is 2. The van der Waals surface area contributed by atoms with E-state index in [2.05, 4.69) is 26.7 Å². The van der Waals surface area contributed by atoms with E-state index < -0.39 is 0 Å². The predicted molar refractivity (Wildman–Crippen MR) is 97.5 cm³/mol. The average molecular weight is 338 g/mol. The van der Waals surface area contributed by atoms with E-state index in [4.69, 9.17) is 9.47 Å². The van der Waals surface area contributed by atoms with Crippen molar-refractivity contribution in [1.82, 2.24) is 9.97 Å². The lowest BCUT2D eigenvalue weighted by Crippen LogP contribution is -2.07. The Hall–Kier alpha value is -2.76. The van der Waals surface area contributed by atoms with Crippen LogP contribution in [0.5, 0.6) is 11.5 Å². The molecule has 6 heteroatoms. The van der Waals surface area contributed by atoms with Crippen LogP contribution < -0.4 is 20.1 Å². The van der Waals surface area contributed by atoms with Gasteiger partial charge in [-0.1, -0.05) is 11.6 Å². The number of nitrogens with one attached hydrogen (secondary N) is 2. The molecule has 0 spiro atoms. The number of rotatable bonds is 6. The molecule has 0 amide bonds. The van der Waals surface area contributed by atoms with Gasteiger partial charge in [-0.2, -0.15) is 4.98 Å². The van der Waals surface area contributed by atoms with Gasteiger partial charge in [0.1, 0.15) is 5.82 Å². The van der Waals surface area contributed by atoms with E-state index in [0.29, 0.717) is 5.95 Å². The van der Waals surface area contributed by atoms with Crippen molar-refractivity contribution in [2.75, 3.05) is 24.0 Å². The highest BCUT2D eigenvalue weighted by atomic mass is 16.7. The molecule has 2 N–H and O–H groups in total. The van der Waals surface area contributed by atoms with Crippen molar-refractivity contribution in [2.45, 2.75) is 32.1 Å². The molecular weight excluding hydrogens is 316 g/mol. The molecule has 0 unspecified atom stereocenters. The summed E-state index contributed by atoms with van der Waals surface area (Å²) in [5, 5.41) is 6.59. The normalized spacial score (nSPS) is 15.6. The standard InChI is InChI=1S/C19H22N4O2/c1-2-4-14(5-3-1)8-10-20-18-9-11-21-19(23-18)22-15-6-7-16-17(12-15)25-13-24-16/h4,6-7,9,11-12H,1-3,5,8,10,13H2,(H2,20,21,22,23). The maximum Gasteiger partial charge on any atom is 0.231 e. The number of anilines is 3. The molecule has 2 aliphatic rings. The van der Waals surface area contributed by atoms with E-state index in [9.17, 15) is 0 Å². The van der Waals surface area contributed by atoms with E-state index >= 15 is 0 Å². The second-order valence-corrected chi connectivity index (χ2v) is 6.24. The molecule has 2 aromatic rings. The second-order valence-electron chi connectivity index (χ2n) is 6.24. The number of hydrogen-bond donors (Lipinski definition) is 2. The molecule has 0 atom stereocenters. The fourth-order valence-electron chi connectivity index (χ4n) is 3.10. The van der Waals surface area contributed by atoms with Gasteiger partial charge in [-0.05, 0) is 50.3 Å². The zero-order chi connectivity index (χ0) is 16.9. The molecule has 0 radical (unpaired) electrons. The van der Waals surface area contributed by atoms with Gasteiger partial charge in [-0.3, -0.25) is 0 Å². The van der Waals surface area contributed by atoms with Crippen LogP contribution in [-0.4, -0.2) is 23.3 Å². The van der Waals surface area contributed by atoms with E-state index in [1.54, 1.807) is 11.8 Å². The van der Waals surface area contributed by atoms with Crippen LogP contribution in [0.25, 0.3) is 0 Å². The second kappa shape index (κ2) is 7.42. The third-order valence-corrected chi connectivity index (χ3v) is 4.42. The zero-order valence-electron chi connectivity index (χ0n) is 14.1. The summed E-state index contributed by atoms with van der Waals surface area (Å²) in [4.78, 5) is 8.80. The van der Waals surface area contributed by atoms with Crippen molar-refractivity contribution < 1.29 is 9.47 Å². The van der Waals surface area contributed by atoms with Crippen LogP contribution in [0.2, 0.25) is 0 Å². The van der Waals surface area contributed by atoms with Gasteiger partial charge in [0.2, 0.25) is 12.7 Å². The molecule has 0 saturated carbocycles. The molecule has 1 aliphatic carbocycles. The first-order chi connectivity index (χ1) is 12.4. The quantitative estimate of drug-likeness (QED) is 0.768. The molecule has 1 aromatic heterocycles. The molecule has 1 aliphatic heterocycles. The molecular formula is C19H22N4O2. The van der Waals surface area contributed by atoms with Gasteiger partial charge in [-0.15, -0.1) is 0 Å². The van der Waals surface area contributed by atoms with Crippen LogP contribution in [0.15, 0.2) is 42.1 Å². The Labute approximate surface area is 147 Å². The lowest BCUT2D eigenvalue weighted by Gasteiger charge is -2.13. The van der Waals surface area contributed by atoms with Crippen molar-refractivity contribution in [2.24, 2.45) is 0 Å². The molecule has 25 heavy (non-hydrogen) atoms. The Balaban J connectivity index is 1.35. The Morgan fingerprint density at radius 2 is 2.04 bits per heavy atom. The molecule has 6 nitrogen and oxygen atoms in total. The van der Waals surface area contributed by atoms with Gasteiger partial charge in [0.05, 0.1) is 0 Å². The van der Waals surface area contributed by atoms with Crippen LogP contribution >= 0.6 is 0 Å². The van der Waals surface area contributed by atoms with Crippen LogP contribution in [0.4, 0.5) is 17.5 Å². The molecule has 0 saturated heterocycles. The smallest absolute Gasteiger partial charge is 0.231 e. The summed E-state index contributed by atoms with van der Waals surface area (Å²) >= 11 is 0. The fourth-order valence-corrected chi connectivity index (χ4v) is 3.10. The van der Waals surface area contributed by atoms with E-state index in [0.717, 1.165) is 36.0 Å². The van der Waals surface area contributed by atoms with Gasteiger partial charge in [0, 0.05) is 24.5 Å². The fraction of sp³-hybridized carbons (Fsp3) is 0.368. The Bertz CT molecular complexity index is 776. The van der Waals surface area contributed by atoms with Gasteiger partial charge in [0.25, 0.3) is 0 Å². The lowest BCUT2D eigenvalue weighted by atomic mass is 9.97. The number of benzene rings is 1. The molecule has 2 heterocycles. The molecule has 4 rings (SSSR count). The van der Waals surface area contributed by atoms with Crippen molar-refractivity contribution in [3.8, 4) is 11.5 Å². The van der Waals surface area contributed by atoms with Gasteiger partial charge in [-0.25, -0.2) is 4.98 Å². The van der Waals surface area contributed by atoms with Crippen molar-refractivity contribution >= 4 is 17.5 Å². The number of allylic oxidation sites excluding steroid dienone is 1. The van der Waals surface area contributed by atoms with E-state index in [1.807, 2.05) is 24.3 Å². The first kappa shape index (κ1) is 15.7. The summed E-state index contributed by atoms with van der Waals surface area (Å²) in [6, 6.07) is 7.58. The maximum atomic E-state index is 5.39. The van der Waals surface area contributed by atoms with Crippen molar-refractivity contribution in [3.63, 3.8) is 0 Å². The summed E-state index contributed by atoms with van der Waals surface area (Å²) in [5.41, 5.74) is 2.43. The summed E-state index contributed by atoms with van der Waals surface area (Å²) < 4.78 is 10.7. The third-order valence-electron chi connectivity index (χ3n) is 4.42. The van der Waals surface area contributed by atoms with E-state index in [-0.39, 0.29) is 6.79 Å². The first-order valence-electron chi connectivity index (χ1n) is 8.78. The number of hydrogen-bond acceptors (Lipinski definition) is 6. The van der Waals surface area contributed by atoms with Crippen LogP contribution in [0.3, 0.4) is 0 Å². The van der Waals surface area contributed by atoms with Gasteiger partial charge >= 0.3 is 0 Å². The number of ether oxygens (including phenoxy) is 2. The maximum absolute atomic E-state index is 5.39. The molecule has 0 bridgehead atoms. The first-order valence-corrected chi connectivity index (χ1v) is 8.78. The highest BCUT2D eigenvalue weighted by molar-refractivity contribution is 5.60. The van der Waals surface area contributed by atoms with Crippen LogP contribution in [-0.2, 0) is 0 Å². The Kier molecular flexibility index (Phi) is 4.68. The highest BCUT2D eigenvalue weighted by Crippen LogP contribution is 2.34. The number of aromatic nitrogens is 2. The topological polar surface area (TPSA) is 68.3 Å². The Morgan fingerprint density at radius 3 is 2.96 bits per heavy atom. The Morgan fingerprint density at radius 1 is 1.08 bits per heavy atom. The minimum absolute atomic E-state index is 0.269. The minimum atomic E-state index is 0.269. The SMILES string of the molecule is C1=C(CCNc2ccnc(Nc3ccc4c(c3)OCO4)n2)CCCC1. The molecule has 1 aromatic carbocycles. The highest BCUT2D eigenvalue weighted by Gasteiger charge is 2.13. The van der Waals surface area contributed by atoms with Gasteiger partial charge < -0.3 is 20.1 Å². The molecule has 130 valence electrons. The van der Waals surface area contributed by atoms with Crippen LogP contribution in [0.1, 0.15) is 32.1 Å². The van der Waals surface area contributed by atoms with Crippen molar-refractivity contribution in [1.29, 1.82) is 0 Å². The lowest BCUT2D eigenvalue weighted by molar-refractivity contribution is 0.174. The largest absolute Gasteiger partial charge is 0.454 e. The number of fused-ring (bicyclic) bond motifs is 1. The van der Waals surface area contributed by atoms with Crippen molar-refractivity contribution in [3.05, 3.63) is 42.1 Å². The average Bonchev–Trinajstić information content (AvgIpc) is 3.11. The predicted octanol–water partition coefficient (Wildman–Crippen LogP) is 4.25. The monoisotopic (exact) mass is 338 g/mol. The minimum Gasteiger partial charge on any atom is -0.454 e. The summed E-state index contributed by atoms with van der Waals surface area (Å²) in [6.07, 6.45) is 10.3. The van der Waals surface area contributed by atoms with Crippen LogP contribution in [0, 0.1) is 0 Å². The third kappa shape index (κ3) is 4.02.